The van der Waals surface area contributed by atoms with E-state index < -0.39 is 0 Å². The van der Waals surface area contributed by atoms with Crippen molar-refractivity contribution in [3.05, 3.63) is 119 Å². The van der Waals surface area contributed by atoms with Crippen LogP contribution >= 0.6 is 0 Å². The highest BCUT2D eigenvalue weighted by Gasteiger charge is 2.08. The van der Waals surface area contributed by atoms with Crippen LogP contribution in [-0.2, 0) is 30.8 Å². The first-order valence-electron chi connectivity index (χ1n) is 12.3. The third-order valence-electron chi connectivity index (χ3n) is 5.85. The normalized spacial score (nSPS) is 10.6. The fourth-order valence-electron chi connectivity index (χ4n) is 3.84. The molecule has 3 N–H and O–H groups in total. The number of aromatic hydroxyl groups is 2. The minimum absolute atomic E-state index is 0.0791. The average molecular weight is 498 g/mol. The number of phenolic OH excluding ortho intramolecular Hbond substituents is 2. The number of carbonyl (C=O) groups excluding carboxylic acids is 1. The molecule has 6 nitrogen and oxygen atoms in total. The van der Waals surface area contributed by atoms with Crippen molar-refractivity contribution in [2.75, 3.05) is 6.54 Å². The highest BCUT2D eigenvalue weighted by molar-refractivity contribution is 5.76. The second-order valence-electron chi connectivity index (χ2n) is 8.78. The van der Waals surface area contributed by atoms with Crippen LogP contribution in [0.15, 0.2) is 97.1 Å². The van der Waals surface area contributed by atoms with Crippen LogP contribution in [-0.4, -0.2) is 22.7 Å². The van der Waals surface area contributed by atoms with Crippen molar-refractivity contribution in [3.63, 3.8) is 0 Å². The Morgan fingerprint density at radius 2 is 1.22 bits per heavy atom. The number of hydrogen-bond donors (Lipinski definition) is 3. The van der Waals surface area contributed by atoms with E-state index in [0.29, 0.717) is 44.1 Å². The summed E-state index contributed by atoms with van der Waals surface area (Å²) in [5, 5.41) is 22.0. The molecule has 0 aliphatic rings. The SMILES string of the molecule is O=C(CCc1ccc(O)c(O)c1)NCCc1cc(OCc2ccccc2)cc(OCc2ccccc2)c1. The second kappa shape index (κ2) is 13.0. The number of benzene rings is 4. The lowest BCUT2D eigenvalue weighted by atomic mass is 10.1. The van der Waals surface area contributed by atoms with Crippen LogP contribution < -0.4 is 14.8 Å². The number of carbonyl (C=O) groups is 1. The monoisotopic (exact) mass is 497 g/mol. The van der Waals surface area contributed by atoms with E-state index in [1.54, 1.807) is 6.07 Å². The van der Waals surface area contributed by atoms with Crippen molar-refractivity contribution < 1.29 is 24.5 Å². The van der Waals surface area contributed by atoms with E-state index in [0.717, 1.165) is 22.3 Å². The van der Waals surface area contributed by atoms with Crippen LogP contribution in [0, 0.1) is 0 Å². The van der Waals surface area contributed by atoms with E-state index >= 15 is 0 Å². The Balaban J connectivity index is 1.34. The van der Waals surface area contributed by atoms with E-state index in [1.807, 2.05) is 78.9 Å². The quantitative estimate of drug-likeness (QED) is 0.224. The van der Waals surface area contributed by atoms with E-state index in [2.05, 4.69) is 5.32 Å². The maximum absolute atomic E-state index is 12.3. The van der Waals surface area contributed by atoms with Crippen molar-refractivity contribution in [1.29, 1.82) is 0 Å². The zero-order valence-corrected chi connectivity index (χ0v) is 20.6. The van der Waals surface area contributed by atoms with Gasteiger partial charge in [0.2, 0.25) is 5.91 Å². The van der Waals surface area contributed by atoms with E-state index in [1.165, 1.54) is 12.1 Å². The summed E-state index contributed by atoms with van der Waals surface area (Å²) < 4.78 is 12.1. The summed E-state index contributed by atoms with van der Waals surface area (Å²) in [6.07, 6.45) is 1.38. The summed E-state index contributed by atoms with van der Waals surface area (Å²) in [6, 6.07) is 30.4. The molecular formula is C31H31NO5. The molecule has 0 fully saturated rings. The summed E-state index contributed by atoms with van der Waals surface area (Å²) in [6.45, 7) is 1.37. The molecule has 0 aliphatic carbocycles. The minimum Gasteiger partial charge on any atom is -0.504 e. The van der Waals surface area contributed by atoms with Gasteiger partial charge in [0, 0.05) is 19.0 Å². The molecule has 0 radical (unpaired) electrons. The minimum atomic E-state index is -0.183. The highest BCUT2D eigenvalue weighted by Crippen LogP contribution is 2.26. The summed E-state index contributed by atoms with van der Waals surface area (Å²) in [4.78, 5) is 12.3. The Morgan fingerprint density at radius 1 is 0.622 bits per heavy atom. The Labute approximate surface area is 217 Å². The number of ether oxygens (including phenoxy) is 2. The van der Waals surface area contributed by atoms with Crippen LogP contribution in [0.3, 0.4) is 0 Å². The van der Waals surface area contributed by atoms with Crippen molar-refractivity contribution >= 4 is 5.91 Å². The molecule has 0 unspecified atom stereocenters. The highest BCUT2D eigenvalue weighted by atomic mass is 16.5. The lowest BCUT2D eigenvalue weighted by molar-refractivity contribution is -0.121. The summed E-state index contributed by atoms with van der Waals surface area (Å²) >= 11 is 0. The Kier molecular flexibility index (Phi) is 9.02. The van der Waals surface area contributed by atoms with Crippen LogP contribution in [0.2, 0.25) is 0 Å². The Hall–Kier alpha value is -4.45. The molecule has 6 heteroatoms. The van der Waals surface area contributed by atoms with Gasteiger partial charge in [-0.25, -0.2) is 0 Å². The van der Waals surface area contributed by atoms with Crippen molar-refractivity contribution in [2.45, 2.75) is 32.5 Å². The maximum atomic E-state index is 12.3. The molecule has 4 rings (SSSR count). The predicted octanol–water partition coefficient (Wildman–Crippen LogP) is 5.55. The number of amides is 1. The first-order valence-corrected chi connectivity index (χ1v) is 12.3. The standard InChI is InChI=1S/C31H31NO5/c33-29-13-11-23(19-30(29)34)12-14-31(35)32-16-15-26-17-27(36-21-24-7-3-1-4-8-24)20-28(18-26)37-22-25-9-5-2-6-10-25/h1-11,13,17-20,33-34H,12,14-16,21-22H2,(H,32,35). The Morgan fingerprint density at radius 3 is 1.78 bits per heavy atom. The van der Waals surface area contributed by atoms with Gasteiger partial charge in [-0.1, -0.05) is 66.7 Å². The second-order valence-corrected chi connectivity index (χ2v) is 8.78. The Bertz CT molecular complexity index is 1230. The fraction of sp³-hybridized carbons (Fsp3) is 0.194. The van der Waals surface area contributed by atoms with Gasteiger partial charge >= 0.3 is 0 Å². The molecule has 0 saturated heterocycles. The molecule has 1 amide bonds. The van der Waals surface area contributed by atoms with Gasteiger partial charge in [-0.15, -0.1) is 0 Å². The third kappa shape index (κ3) is 8.32. The smallest absolute Gasteiger partial charge is 0.220 e. The molecule has 0 bridgehead atoms. The lowest BCUT2D eigenvalue weighted by Gasteiger charge is -2.13. The third-order valence-corrected chi connectivity index (χ3v) is 5.85. The molecule has 0 spiro atoms. The number of aryl methyl sites for hydroxylation is 1. The summed E-state index contributed by atoms with van der Waals surface area (Å²) in [5.74, 6) is 0.989. The zero-order valence-electron chi connectivity index (χ0n) is 20.6. The summed E-state index contributed by atoms with van der Waals surface area (Å²) in [5.41, 5.74) is 3.94. The molecule has 0 atom stereocenters. The van der Waals surface area contributed by atoms with Crippen LogP contribution in [0.5, 0.6) is 23.0 Å². The van der Waals surface area contributed by atoms with Gasteiger partial charge in [-0.05, 0) is 59.4 Å². The topological polar surface area (TPSA) is 88.0 Å². The lowest BCUT2D eigenvalue weighted by Crippen LogP contribution is -2.25. The van der Waals surface area contributed by atoms with E-state index in [4.69, 9.17) is 9.47 Å². The van der Waals surface area contributed by atoms with Crippen LogP contribution in [0.4, 0.5) is 0 Å². The van der Waals surface area contributed by atoms with Crippen LogP contribution in [0.25, 0.3) is 0 Å². The maximum Gasteiger partial charge on any atom is 0.220 e. The van der Waals surface area contributed by atoms with Gasteiger partial charge in [0.25, 0.3) is 0 Å². The van der Waals surface area contributed by atoms with Crippen molar-refractivity contribution in [2.24, 2.45) is 0 Å². The van der Waals surface area contributed by atoms with E-state index in [-0.39, 0.29) is 23.8 Å². The molecule has 4 aromatic rings. The molecule has 4 aromatic carbocycles. The summed E-state index contributed by atoms with van der Waals surface area (Å²) in [7, 11) is 0. The largest absolute Gasteiger partial charge is 0.504 e. The molecular weight excluding hydrogens is 466 g/mol. The first kappa shape index (κ1) is 25.6. The number of rotatable bonds is 12. The molecule has 37 heavy (non-hydrogen) atoms. The van der Waals surface area contributed by atoms with Gasteiger partial charge in [-0.2, -0.15) is 0 Å². The molecule has 0 heterocycles. The molecule has 0 saturated carbocycles. The van der Waals surface area contributed by atoms with Gasteiger partial charge in [0.15, 0.2) is 11.5 Å². The number of phenols is 2. The molecule has 0 aliphatic heterocycles. The average Bonchev–Trinajstić information content (AvgIpc) is 2.92. The van der Waals surface area contributed by atoms with Crippen molar-refractivity contribution in [3.8, 4) is 23.0 Å². The first-order chi connectivity index (χ1) is 18.0. The number of hydrogen-bond acceptors (Lipinski definition) is 5. The van der Waals surface area contributed by atoms with Gasteiger partial charge < -0.3 is 25.0 Å². The van der Waals surface area contributed by atoms with Crippen LogP contribution in [0.1, 0.15) is 28.7 Å². The molecule has 0 aromatic heterocycles. The predicted molar refractivity (Wildman–Crippen MR) is 143 cm³/mol. The zero-order chi connectivity index (χ0) is 25.9. The van der Waals surface area contributed by atoms with Crippen molar-refractivity contribution in [1.82, 2.24) is 5.32 Å². The molecule has 190 valence electrons. The van der Waals surface area contributed by atoms with Gasteiger partial charge in [-0.3, -0.25) is 4.79 Å². The fourth-order valence-corrected chi connectivity index (χ4v) is 3.84. The number of nitrogens with one attached hydrogen (secondary N) is 1. The van der Waals surface area contributed by atoms with E-state index in [9.17, 15) is 15.0 Å². The van der Waals surface area contributed by atoms with Gasteiger partial charge in [0.1, 0.15) is 24.7 Å². The van der Waals surface area contributed by atoms with Gasteiger partial charge in [0.05, 0.1) is 0 Å².